The lowest BCUT2D eigenvalue weighted by molar-refractivity contribution is 0.0622. The second kappa shape index (κ2) is 8.85. The van der Waals surface area contributed by atoms with Gasteiger partial charge < -0.3 is 9.64 Å². The minimum atomic E-state index is -0.341. The Balaban J connectivity index is 1.37. The normalized spacial score (nSPS) is 14.7. The Morgan fingerprint density at radius 2 is 1.97 bits per heavy atom. The summed E-state index contributed by atoms with van der Waals surface area (Å²) in [5, 5.41) is 7.56. The van der Waals surface area contributed by atoms with E-state index >= 15 is 0 Å². The first-order valence-electron chi connectivity index (χ1n) is 9.69. The second-order valence-corrected chi connectivity index (χ2v) is 7.61. The van der Waals surface area contributed by atoms with E-state index in [9.17, 15) is 9.18 Å². The number of carbonyl (C=O) groups excluding carboxylic acids is 1. The van der Waals surface area contributed by atoms with E-state index in [0.717, 1.165) is 30.0 Å². The van der Waals surface area contributed by atoms with Crippen LogP contribution in [-0.4, -0.2) is 59.2 Å². The first kappa shape index (κ1) is 20.4. The Labute approximate surface area is 179 Å². The predicted molar refractivity (Wildman–Crippen MR) is 113 cm³/mol. The zero-order valence-corrected chi connectivity index (χ0v) is 17.3. The van der Waals surface area contributed by atoms with Crippen molar-refractivity contribution in [2.24, 2.45) is 0 Å². The van der Waals surface area contributed by atoms with Crippen molar-refractivity contribution in [3.63, 3.8) is 0 Å². The van der Waals surface area contributed by atoms with Crippen LogP contribution in [0.1, 0.15) is 16.1 Å². The van der Waals surface area contributed by atoms with Gasteiger partial charge in [0, 0.05) is 43.3 Å². The summed E-state index contributed by atoms with van der Waals surface area (Å²) in [4.78, 5) is 16.9. The van der Waals surface area contributed by atoms with Gasteiger partial charge in [-0.25, -0.2) is 4.39 Å². The van der Waals surface area contributed by atoms with Crippen LogP contribution < -0.4 is 4.74 Å². The number of piperazine rings is 1. The predicted octanol–water partition coefficient (Wildman–Crippen LogP) is 3.84. The quantitative estimate of drug-likeness (QED) is 0.670. The van der Waals surface area contributed by atoms with Gasteiger partial charge in [0.15, 0.2) is 0 Å². The van der Waals surface area contributed by atoms with E-state index in [4.69, 9.17) is 16.3 Å². The number of hydrogen-bond donors (Lipinski definition) is 1. The fourth-order valence-corrected chi connectivity index (χ4v) is 3.76. The van der Waals surface area contributed by atoms with E-state index in [2.05, 4.69) is 15.1 Å². The average molecular weight is 429 g/mol. The third-order valence-electron chi connectivity index (χ3n) is 5.24. The van der Waals surface area contributed by atoms with Crippen LogP contribution >= 0.6 is 11.6 Å². The number of rotatable bonds is 5. The van der Waals surface area contributed by atoms with Crippen molar-refractivity contribution in [1.82, 2.24) is 20.0 Å². The maximum absolute atomic E-state index is 13.2. The largest absolute Gasteiger partial charge is 0.497 e. The van der Waals surface area contributed by atoms with Gasteiger partial charge in [0.1, 0.15) is 17.3 Å². The van der Waals surface area contributed by atoms with Gasteiger partial charge in [0.2, 0.25) is 0 Å². The first-order valence-corrected chi connectivity index (χ1v) is 10.1. The summed E-state index contributed by atoms with van der Waals surface area (Å²) in [6.45, 7) is 3.27. The van der Waals surface area contributed by atoms with Crippen molar-refractivity contribution >= 4 is 17.5 Å². The standard InChI is InChI=1S/C22H22ClFN4O2/c1-30-18-4-2-3-15(11-18)20-13-21(26-25-20)22(29)28-9-7-27(8-10-28)14-16-5-6-17(24)12-19(16)23/h2-6,11-13H,7-10,14H2,1H3,(H,25,26). The van der Waals surface area contributed by atoms with Crippen LogP contribution in [0.2, 0.25) is 5.02 Å². The molecule has 0 bridgehead atoms. The van der Waals surface area contributed by atoms with E-state index in [1.807, 2.05) is 29.2 Å². The Morgan fingerprint density at radius 3 is 2.70 bits per heavy atom. The zero-order valence-electron chi connectivity index (χ0n) is 16.6. The molecule has 8 heteroatoms. The van der Waals surface area contributed by atoms with Crippen molar-refractivity contribution in [1.29, 1.82) is 0 Å². The van der Waals surface area contributed by atoms with Crippen molar-refractivity contribution in [2.45, 2.75) is 6.54 Å². The fourth-order valence-electron chi connectivity index (χ4n) is 3.53. The molecule has 0 radical (unpaired) electrons. The number of aromatic nitrogens is 2. The van der Waals surface area contributed by atoms with Crippen LogP contribution in [0.4, 0.5) is 4.39 Å². The van der Waals surface area contributed by atoms with E-state index in [-0.39, 0.29) is 11.7 Å². The third kappa shape index (κ3) is 4.47. The fraction of sp³-hybridized carbons (Fsp3) is 0.273. The Hall–Kier alpha value is -2.90. The molecule has 0 saturated carbocycles. The molecule has 30 heavy (non-hydrogen) atoms. The second-order valence-electron chi connectivity index (χ2n) is 7.20. The molecule has 2 aromatic carbocycles. The molecular formula is C22H22ClFN4O2. The van der Waals surface area contributed by atoms with Gasteiger partial charge in [0.25, 0.3) is 5.91 Å². The number of aromatic amines is 1. The van der Waals surface area contributed by atoms with Gasteiger partial charge >= 0.3 is 0 Å². The zero-order chi connectivity index (χ0) is 21.1. The Kier molecular flexibility index (Phi) is 6.01. The first-order chi connectivity index (χ1) is 14.5. The summed E-state index contributed by atoms with van der Waals surface area (Å²) >= 11 is 6.13. The molecule has 4 rings (SSSR count). The molecule has 3 aromatic rings. The summed E-state index contributed by atoms with van der Waals surface area (Å²) in [5.41, 5.74) is 2.92. The van der Waals surface area contributed by atoms with E-state index in [0.29, 0.717) is 36.0 Å². The van der Waals surface area contributed by atoms with Crippen LogP contribution in [0.25, 0.3) is 11.3 Å². The Morgan fingerprint density at radius 1 is 1.17 bits per heavy atom. The average Bonchev–Trinajstić information content (AvgIpc) is 3.26. The molecule has 1 saturated heterocycles. The lowest BCUT2D eigenvalue weighted by Crippen LogP contribution is -2.48. The van der Waals surface area contributed by atoms with Gasteiger partial charge in [-0.1, -0.05) is 29.8 Å². The van der Waals surface area contributed by atoms with Gasteiger partial charge in [-0.3, -0.25) is 14.8 Å². The number of carbonyl (C=O) groups is 1. The highest BCUT2D eigenvalue weighted by atomic mass is 35.5. The molecule has 0 aliphatic carbocycles. The molecule has 1 aliphatic rings. The maximum atomic E-state index is 13.2. The minimum absolute atomic E-state index is 0.0730. The maximum Gasteiger partial charge on any atom is 0.271 e. The molecule has 1 N–H and O–H groups in total. The third-order valence-corrected chi connectivity index (χ3v) is 5.59. The lowest BCUT2D eigenvalue weighted by atomic mass is 10.1. The van der Waals surface area contributed by atoms with Crippen LogP contribution in [0, 0.1) is 5.82 Å². The molecular weight excluding hydrogens is 407 g/mol. The monoisotopic (exact) mass is 428 g/mol. The number of hydrogen-bond acceptors (Lipinski definition) is 4. The van der Waals surface area contributed by atoms with Crippen molar-refractivity contribution < 1.29 is 13.9 Å². The summed E-state index contributed by atoms with van der Waals surface area (Å²) in [6, 6.07) is 13.8. The highest BCUT2D eigenvalue weighted by Gasteiger charge is 2.24. The highest BCUT2D eigenvalue weighted by molar-refractivity contribution is 6.31. The molecule has 1 aliphatic heterocycles. The van der Waals surface area contributed by atoms with Crippen molar-refractivity contribution in [2.75, 3.05) is 33.3 Å². The topological polar surface area (TPSA) is 61.5 Å². The molecule has 6 nitrogen and oxygen atoms in total. The van der Waals surface area contributed by atoms with Gasteiger partial charge in [-0.15, -0.1) is 0 Å². The number of ether oxygens (including phenoxy) is 1. The van der Waals surface area contributed by atoms with Crippen LogP contribution in [0.3, 0.4) is 0 Å². The van der Waals surface area contributed by atoms with Crippen molar-refractivity contribution in [3.05, 3.63) is 70.6 Å². The smallest absolute Gasteiger partial charge is 0.271 e. The SMILES string of the molecule is COc1cccc(-c2cc(C(=O)N3CCN(Cc4ccc(F)cc4Cl)CC3)[nH]n2)c1. The molecule has 156 valence electrons. The molecule has 1 aromatic heterocycles. The van der Waals surface area contributed by atoms with Crippen molar-refractivity contribution in [3.8, 4) is 17.0 Å². The van der Waals surface area contributed by atoms with E-state index in [1.165, 1.54) is 12.1 Å². The molecule has 2 heterocycles. The summed E-state index contributed by atoms with van der Waals surface area (Å²) in [6.07, 6.45) is 0. The highest BCUT2D eigenvalue weighted by Crippen LogP contribution is 2.23. The lowest BCUT2D eigenvalue weighted by Gasteiger charge is -2.34. The van der Waals surface area contributed by atoms with Gasteiger partial charge in [0.05, 0.1) is 12.8 Å². The summed E-state index contributed by atoms with van der Waals surface area (Å²) in [7, 11) is 1.61. The summed E-state index contributed by atoms with van der Waals surface area (Å²) < 4.78 is 18.5. The molecule has 0 spiro atoms. The van der Waals surface area contributed by atoms with Crippen LogP contribution in [0.15, 0.2) is 48.5 Å². The molecule has 1 amide bonds. The number of benzene rings is 2. The number of nitrogens with zero attached hydrogens (tertiary/aromatic N) is 3. The molecule has 0 unspecified atom stereocenters. The molecule has 1 fully saturated rings. The van der Waals surface area contributed by atoms with Crippen LogP contribution in [0.5, 0.6) is 5.75 Å². The Bertz CT molecular complexity index is 1050. The number of methoxy groups -OCH3 is 1. The number of H-pyrrole nitrogens is 1. The van der Waals surface area contributed by atoms with E-state index in [1.54, 1.807) is 19.2 Å². The van der Waals surface area contributed by atoms with Gasteiger partial charge in [-0.05, 0) is 35.9 Å². The molecule has 0 atom stereocenters. The number of nitrogens with one attached hydrogen (secondary N) is 1. The minimum Gasteiger partial charge on any atom is -0.497 e. The van der Waals surface area contributed by atoms with E-state index < -0.39 is 0 Å². The van der Waals surface area contributed by atoms with Gasteiger partial charge in [-0.2, -0.15) is 5.10 Å². The van der Waals surface area contributed by atoms with Crippen LogP contribution in [-0.2, 0) is 6.54 Å². The number of halogens is 2. The summed E-state index contributed by atoms with van der Waals surface area (Å²) in [5.74, 6) is 0.323. The number of amides is 1.